The summed E-state index contributed by atoms with van der Waals surface area (Å²) in [5, 5.41) is 11.1. The lowest BCUT2D eigenvalue weighted by molar-refractivity contribution is 0.0514. The van der Waals surface area contributed by atoms with E-state index in [1.54, 1.807) is 36.7 Å². The number of fused-ring (bicyclic) bond motifs is 1. The zero-order valence-electron chi connectivity index (χ0n) is 18.6. The van der Waals surface area contributed by atoms with E-state index in [1.807, 2.05) is 6.07 Å². The third-order valence-electron chi connectivity index (χ3n) is 4.66. The molecule has 1 fully saturated rings. The van der Waals surface area contributed by atoms with E-state index in [0.717, 1.165) is 25.7 Å². The molecule has 13 heteroatoms. The van der Waals surface area contributed by atoms with Gasteiger partial charge in [0.15, 0.2) is 28.1 Å². The molecule has 3 N–H and O–H groups in total. The van der Waals surface area contributed by atoms with Crippen molar-refractivity contribution in [3.8, 4) is 6.07 Å². The van der Waals surface area contributed by atoms with Crippen LogP contribution < -0.4 is 10.4 Å². The van der Waals surface area contributed by atoms with E-state index in [9.17, 15) is 14.3 Å². The van der Waals surface area contributed by atoms with E-state index in [1.165, 1.54) is 6.26 Å². The van der Waals surface area contributed by atoms with Gasteiger partial charge in [0.05, 0.1) is 25.5 Å². The summed E-state index contributed by atoms with van der Waals surface area (Å²) in [6.07, 6.45) is 6.17. The molecule has 1 amide bonds. The van der Waals surface area contributed by atoms with Crippen LogP contribution in [0, 0.1) is 11.3 Å². The van der Waals surface area contributed by atoms with Gasteiger partial charge in [-0.2, -0.15) is 15.2 Å². The second-order valence-electron chi connectivity index (χ2n) is 8.24. The standard InChI is InChI=1S/C19H27N7O4S.H2O/c1-19(2,3)30-18(27)24-26(13-7-5-6-8-13)17-15-16(22-14(11-20)23-17)25(12-21-15)9-10-29-31(4)28;/h12-13H,5-10H2,1-4H3,(H,24,27);1H2. The molecule has 12 nitrogen and oxygen atoms in total. The van der Waals surface area contributed by atoms with E-state index in [0.29, 0.717) is 23.5 Å². The summed E-state index contributed by atoms with van der Waals surface area (Å²) in [6.45, 7) is 5.90. The van der Waals surface area contributed by atoms with Crippen molar-refractivity contribution in [3.05, 3.63) is 12.2 Å². The first kappa shape index (κ1) is 25.4. The summed E-state index contributed by atoms with van der Waals surface area (Å²) < 4.78 is 23.4. The highest BCUT2D eigenvalue weighted by Gasteiger charge is 2.30. The maximum Gasteiger partial charge on any atom is 0.426 e. The number of nitrogens with one attached hydrogen (secondary N) is 1. The van der Waals surface area contributed by atoms with Crippen molar-refractivity contribution in [2.75, 3.05) is 17.9 Å². The lowest BCUT2D eigenvalue weighted by Gasteiger charge is -2.31. The second-order valence-corrected chi connectivity index (χ2v) is 9.28. The van der Waals surface area contributed by atoms with Crippen molar-refractivity contribution in [1.29, 1.82) is 5.26 Å². The normalized spacial score (nSPS) is 15.1. The Labute approximate surface area is 188 Å². The van der Waals surface area contributed by atoms with E-state index in [-0.39, 0.29) is 23.9 Å². The Balaban J connectivity index is 0.00000363. The molecule has 1 saturated carbocycles. The number of amides is 1. The van der Waals surface area contributed by atoms with Crippen LogP contribution in [0.2, 0.25) is 0 Å². The maximum absolute atomic E-state index is 12.5. The zero-order chi connectivity index (χ0) is 22.6. The van der Waals surface area contributed by atoms with Crippen molar-refractivity contribution in [2.45, 2.75) is 64.6 Å². The van der Waals surface area contributed by atoms with Gasteiger partial charge in [0, 0.05) is 6.26 Å². The average Bonchev–Trinajstić information content (AvgIpc) is 3.34. The van der Waals surface area contributed by atoms with Crippen LogP contribution in [0.1, 0.15) is 52.3 Å². The van der Waals surface area contributed by atoms with Crippen molar-refractivity contribution < 1.29 is 23.4 Å². The number of carbonyl (C=O) groups excluding carboxylic acids is 1. The Hall–Kier alpha value is -2.82. The third-order valence-corrected chi connectivity index (χ3v) is 5.15. The number of hydrogen-bond donors (Lipinski definition) is 1. The number of nitrogens with zero attached hydrogens (tertiary/aromatic N) is 6. The van der Waals surface area contributed by atoms with Gasteiger partial charge >= 0.3 is 6.09 Å². The van der Waals surface area contributed by atoms with Crippen LogP contribution in [-0.4, -0.2) is 59.8 Å². The fourth-order valence-corrected chi connectivity index (χ4v) is 3.75. The topological polar surface area (TPSA) is 167 Å². The third kappa shape index (κ3) is 6.35. The SMILES string of the molecule is CS(=O)OCCn1cnc2c(N(NC(=O)OC(C)(C)C)C3CCCC3)nc(C#N)nc21.O. The molecule has 0 radical (unpaired) electrons. The molecule has 2 aromatic heterocycles. The summed E-state index contributed by atoms with van der Waals surface area (Å²) in [4.78, 5) is 25.6. The number of carbonyl (C=O) groups is 1. The van der Waals surface area contributed by atoms with Crippen LogP contribution in [0.3, 0.4) is 0 Å². The number of hydrogen-bond acceptors (Lipinski definition) is 9. The van der Waals surface area contributed by atoms with Crippen LogP contribution in [0.25, 0.3) is 11.2 Å². The molecule has 0 aromatic carbocycles. The van der Waals surface area contributed by atoms with E-state index in [4.69, 9.17) is 8.92 Å². The number of aromatic nitrogens is 4. The Morgan fingerprint density at radius 1 is 1.38 bits per heavy atom. The Morgan fingerprint density at radius 3 is 2.66 bits per heavy atom. The number of rotatable bonds is 7. The largest absolute Gasteiger partial charge is 0.443 e. The molecule has 0 saturated heterocycles. The van der Waals surface area contributed by atoms with Gasteiger partial charge in [0.2, 0.25) is 5.82 Å². The van der Waals surface area contributed by atoms with Crippen LogP contribution in [0.5, 0.6) is 0 Å². The molecule has 1 aliphatic carbocycles. The molecule has 1 aliphatic rings. The van der Waals surface area contributed by atoms with Gasteiger partial charge in [-0.25, -0.2) is 19.4 Å². The zero-order valence-corrected chi connectivity index (χ0v) is 19.4. The van der Waals surface area contributed by atoms with Gasteiger partial charge in [-0.1, -0.05) is 12.8 Å². The Kier molecular flexibility index (Phi) is 8.48. The van der Waals surface area contributed by atoms with E-state index >= 15 is 0 Å². The molecule has 1 unspecified atom stereocenters. The van der Waals surface area contributed by atoms with Gasteiger partial charge in [0.1, 0.15) is 11.7 Å². The molecule has 0 bridgehead atoms. The average molecular weight is 468 g/mol. The summed E-state index contributed by atoms with van der Waals surface area (Å²) in [7, 11) is 0. The number of nitriles is 1. The van der Waals surface area contributed by atoms with Gasteiger partial charge in [-0.3, -0.25) is 9.19 Å². The molecular formula is C19H29N7O5S. The highest BCUT2D eigenvalue weighted by atomic mass is 32.2. The molecule has 0 aliphatic heterocycles. The number of ether oxygens (including phenoxy) is 1. The highest BCUT2D eigenvalue weighted by Crippen LogP contribution is 2.30. The summed E-state index contributed by atoms with van der Waals surface area (Å²) in [5.74, 6) is 0.302. The smallest absolute Gasteiger partial charge is 0.426 e. The van der Waals surface area contributed by atoms with Gasteiger partial charge in [-0.15, -0.1) is 0 Å². The number of hydrazine groups is 1. The summed E-state index contributed by atoms with van der Waals surface area (Å²) >= 11 is -1.38. The highest BCUT2D eigenvalue weighted by molar-refractivity contribution is 7.79. The molecule has 32 heavy (non-hydrogen) atoms. The van der Waals surface area contributed by atoms with Gasteiger partial charge < -0.3 is 14.8 Å². The van der Waals surface area contributed by atoms with Crippen LogP contribution in [-0.2, 0) is 26.5 Å². The molecular weight excluding hydrogens is 438 g/mol. The lowest BCUT2D eigenvalue weighted by atomic mass is 10.2. The molecule has 2 aromatic rings. The molecule has 176 valence electrons. The predicted octanol–water partition coefficient (Wildman–Crippen LogP) is 1.37. The maximum atomic E-state index is 12.5. The minimum absolute atomic E-state index is 0. The molecule has 3 rings (SSSR count). The minimum atomic E-state index is -1.38. The fraction of sp³-hybridized carbons (Fsp3) is 0.632. The number of imidazole rings is 1. The van der Waals surface area contributed by atoms with Crippen molar-refractivity contribution >= 4 is 34.2 Å². The monoisotopic (exact) mass is 467 g/mol. The predicted molar refractivity (Wildman–Crippen MR) is 118 cm³/mol. The molecule has 1 atom stereocenters. The van der Waals surface area contributed by atoms with Crippen molar-refractivity contribution in [2.24, 2.45) is 0 Å². The van der Waals surface area contributed by atoms with Crippen LogP contribution in [0.15, 0.2) is 6.33 Å². The van der Waals surface area contributed by atoms with Gasteiger partial charge in [0.25, 0.3) is 0 Å². The summed E-state index contributed by atoms with van der Waals surface area (Å²) in [6, 6.07) is 1.97. The first-order chi connectivity index (χ1) is 14.7. The van der Waals surface area contributed by atoms with Gasteiger partial charge in [-0.05, 0) is 33.6 Å². The van der Waals surface area contributed by atoms with E-state index < -0.39 is 22.8 Å². The minimum Gasteiger partial charge on any atom is -0.443 e. The fourth-order valence-electron chi connectivity index (χ4n) is 3.44. The molecule has 2 heterocycles. The van der Waals surface area contributed by atoms with Crippen molar-refractivity contribution in [3.63, 3.8) is 0 Å². The first-order valence-corrected chi connectivity index (χ1v) is 11.5. The summed E-state index contributed by atoms with van der Waals surface area (Å²) in [5.41, 5.74) is 3.01. The Morgan fingerprint density at radius 2 is 2.06 bits per heavy atom. The second kappa shape index (κ2) is 10.7. The van der Waals surface area contributed by atoms with E-state index in [2.05, 4.69) is 20.4 Å². The van der Waals surface area contributed by atoms with Crippen LogP contribution in [0.4, 0.5) is 10.6 Å². The number of anilines is 1. The quantitative estimate of drug-likeness (QED) is 0.591. The molecule has 0 spiro atoms. The lowest BCUT2D eigenvalue weighted by Crippen LogP contribution is -2.50. The van der Waals surface area contributed by atoms with Crippen LogP contribution >= 0.6 is 0 Å². The first-order valence-electron chi connectivity index (χ1n) is 10.1. The van der Waals surface area contributed by atoms with Crippen molar-refractivity contribution in [1.82, 2.24) is 24.9 Å². The Bertz CT molecular complexity index is 1010.